The van der Waals surface area contributed by atoms with E-state index in [2.05, 4.69) is 26.0 Å². The molecule has 2 heteroatoms. The van der Waals surface area contributed by atoms with Gasteiger partial charge in [-0.1, -0.05) is 32.4 Å². The molecule has 3 aliphatic rings. The molecule has 1 N–H and O–H groups in total. The smallest absolute Gasteiger partial charge is 0.156 e. The predicted octanol–water partition coefficient (Wildman–Crippen LogP) is 3.97. The van der Waals surface area contributed by atoms with Crippen LogP contribution in [0.5, 0.6) is 0 Å². The molecule has 0 aromatic carbocycles. The van der Waals surface area contributed by atoms with Crippen LogP contribution in [0.4, 0.5) is 0 Å². The molecule has 0 radical (unpaired) electrons. The third kappa shape index (κ3) is 2.24. The zero-order valence-corrected chi connectivity index (χ0v) is 13.4. The van der Waals surface area contributed by atoms with Crippen LogP contribution >= 0.6 is 0 Å². The lowest BCUT2D eigenvalue weighted by molar-refractivity contribution is -0.114. The number of hydrogen-bond acceptors (Lipinski definition) is 2. The first-order valence-corrected chi connectivity index (χ1v) is 8.31. The van der Waals surface area contributed by atoms with E-state index in [-0.39, 0.29) is 17.3 Å². The maximum atomic E-state index is 11.6. The number of aliphatic hydroxyl groups excluding tert-OH is 1. The molecule has 0 amide bonds. The van der Waals surface area contributed by atoms with Crippen LogP contribution in [0.25, 0.3) is 0 Å². The van der Waals surface area contributed by atoms with E-state index in [1.165, 1.54) is 16.7 Å². The normalized spacial score (nSPS) is 37.0. The summed E-state index contributed by atoms with van der Waals surface area (Å²) in [4.78, 5) is 11.6. The average Bonchev–Trinajstić information content (AvgIpc) is 2.46. The molecule has 0 aromatic heterocycles. The highest BCUT2D eigenvalue weighted by Crippen LogP contribution is 2.52. The Morgan fingerprint density at radius 2 is 2.14 bits per heavy atom. The van der Waals surface area contributed by atoms with E-state index in [1.807, 2.05) is 13.0 Å². The van der Waals surface area contributed by atoms with E-state index < -0.39 is 0 Å². The highest BCUT2D eigenvalue weighted by atomic mass is 16.3. The lowest BCUT2D eigenvalue weighted by Gasteiger charge is -2.48. The second-order valence-electron chi connectivity index (χ2n) is 7.11. The molecule has 0 aromatic rings. The lowest BCUT2D eigenvalue weighted by atomic mass is 9.57. The van der Waals surface area contributed by atoms with Crippen molar-refractivity contribution in [3.05, 3.63) is 34.9 Å². The average molecular weight is 286 g/mol. The Bertz CT molecular complexity index is 550. The van der Waals surface area contributed by atoms with Gasteiger partial charge in [0, 0.05) is 11.8 Å². The van der Waals surface area contributed by atoms with Gasteiger partial charge in [0.25, 0.3) is 0 Å². The first-order chi connectivity index (χ1) is 9.97. The molecule has 0 saturated carbocycles. The van der Waals surface area contributed by atoms with E-state index in [9.17, 15) is 9.90 Å². The van der Waals surface area contributed by atoms with Gasteiger partial charge in [0.15, 0.2) is 5.78 Å². The summed E-state index contributed by atoms with van der Waals surface area (Å²) >= 11 is 0. The van der Waals surface area contributed by atoms with Crippen molar-refractivity contribution in [3.63, 3.8) is 0 Å². The number of aliphatic hydroxyl groups is 1. The summed E-state index contributed by atoms with van der Waals surface area (Å²) in [6.45, 7) is 6.35. The van der Waals surface area contributed by atoms with Crippen LogP contribution in [0.2, 0.25) is 0 Å². The Labute approximate surface area is 127 Å². The van der Waals surface area contributed by atoms with E-state index in [1.54, 1.807) is 0 Å². The predicted molar refractivity (Wildman–Crippen MR) is 84.8 cm³/mol. The van der Waals surface area contributed by atoms with Crippen LogP contribution in [-0.2, 0) is 4.79 Å². The molecule has 2 nitrogen and oxygen atoms in total. The van der Waals surface area contributed by atoms with Crippen molar-refractivity contribution in [2.45, 2.75) is 59.0 Å². The Morgan fingerprint density at radius 1 is 1.38 bits per heavy atom. The first-order valence-electron chi connectivity index (χ1n) is 8.31. The second kappa shape index (κ2) is 5.24. The zero-order valence-electron chi connectivity index (χ0n) is 13.4. The molecule has 0 aliphatic heterocycles. The van der Waals surface area contributed by atoms with Gasteiger partial charge in [-0.05, 0) is 60.8 Å². The minimum absolute atomic E-state index is 0.130. The summed E-state index contributed by atoms with van der Waals surface area (Å²) in [7, 11) is 0. The van der Waals surface area contributed by atoms with Crippen molar-refractivity contribution < 1.29 is 9.90 Å². The van der Waals surface area contributed by atoms with Crippen LogP contribution < -0.4 is 0 Å². The molecule has 0 fully saturated rings. The standard InChI is InChI=1S/C19H26O2/c1-4-18-17-7-5-13-11-14(21)6-8-15(13)16(17)9-10-19(18,3)12(2)20/h9-12,17-18,20H,4-8H2,1-3H3/t12-,17+,18-,19+/m0/s1. The van der Waals surface area contributed by atoms with Gasteiger partial charge in [-0.2, -0.15) is 0 Å². The Balaban J connectivity index is 2.08. The monoisotopic (exact) mass is 286 g/mol. The fourth-order valence-corrected chi connectivity index (χ4v) is 4.65. The maximum absolute atomic E-state index is 11.6. The number of carbonyl (C=O) groups is 1. The zero-order chi connectivity index (χ0) is 15.2. The number of allylic oxidation sites excluding steroid dienone is 5. The van der Waals surface area contributed by atoms with Gasteiger partial charge in [0.2, 0.25) is 0 Å². The number of carbonyl (C=O) groups excluding carboxylic acids is 1. The summed E-state index contributed by atoms with van der Waals surface area (Å²) in [5.41, 5.74) is 4.02. The summed E-state index contributed by atoms with van der Waals surface area (Å²) in [5.74, 6) is 1.32. The maximum Gasteiger partial charge on any atom is 0.156 e. The fraction of sp³-hybridized carbons (Fsp3) is 0.632. The third-order valence-electron chi connectivity index (χ3n) is 6.06. The van der Waals surface area contributed by atoms with Crippen molar-refractivity contribution in [2.24, 2.45) is 17.3 Å². The van der Waals surface area contributed by atoms with Crippen molar-refractivity contribution in [1.82, 2.24) is 0 Å². The summed E-state index contributed by atoms with van der Waals surface area (Å²) in [6.07, 6.45) is 10.8. The Morgan fingerprint density at radius 3 is 2.81 bits per heavy atom. The highest BCUT2D eigenvalue weighted by molar-refractivity contribution is 5.93. The van der Waals surface area contributed by atoms with Gasteiger partial charge in [0.1, 0.15) is 0 Å². The molecular weight excluding hydrogens is 260 g/mol. The molecule has 3 rings (SSSR count). The van der Waals surface area contributed by atoms with Crippen molar-refractivity contribution >= 4 is 5.78 Å². The minimum atomic E-state index is -0.324. The van der Waals surface area contributed by atoms with Gasteiger partial charge in [-0.3, -0.25) is 4.79 Å². The van der Waals surface area contributed by atoms with Gasteiger partial charge in [-0.25, -0.2) is 0 Å². The summed E-state index contributed by atoms with van der Waals surface area (Å²) in [5, 5.41) is 10.3. The highest BCUT2D eigenvalue weighted by Gasteiger charge is 2.45. The fourth-order valence-electron chi connectivity index (χ4n) is 4.65. The lowest BCUT2D eigenvalue weighted by Crippen LogP contribution is -2.43. The first kappa shape index (κ1) is 14.8. The van der Waals surface area contributed by atoms with Crippen LogP contribution in [0.15, 0.2) is 34.9 Å². The van der Waals surface area contributed by atoms with E-state index in [4.69, 9.17) is 0 Å². The van der Waals surface area contributed by atoms with E-state index in [0.717, 1.165) is 25.7 Å². The van der Waals surface area contributed by atoms with Gasteiger partial charge in [-0.15, -0.1) is 0 Å². The molecule has 0 saturated heterocycles. The van der Waals surface area contributed by atoms with Crippen LogP contribution in [0.3, 0.4) is 0 Å². The molecule has 0 spiro atoms. The molecular formula is C19H26O2. The summed E-state index contributed by atoms with van der Waals surface area (Å²) in [6, 6.07) is 0. The van der Waals surface area contributed by atoms with Crippen LogP contribution in [0, 0.1) is 17.3 Å². The third-order valence-corrected chi connectivity index (χ3v) is 6.06. The molecule has 3 aliphatic carbocycles. The SMILES string of the molecule is CC[C@H]1[C@@H]2CCC3=CC(=O)CCC3=C2C=C[C@]1(C)[C@H](C)O. The van der Waals surface area contributed by atoms with Crippen molar-refractivity contribution in [2.75, 3.05) is 0 Å². The second-order valence-corrected chi connectivity index (χ2v) is 7.11. The Hall–Kier alpha value is -1.15. The van der Waals surface area contributed by atoms with Crippen molar-refractivity contribution in [3.8, 4) is 0 Å². The Kier molecular flexibility index (Phi) is 3.69. The molecule has 0 unspecified atom stereocenters. The quantitative estimate of drug-likeness (QED) is 0.834. The van der Waals surface area contributed by atoms with Gasteiger partial charge in [0.05, 0.1) is 6.10 Å². The van der Waals surface area contributed by atoms with E-state index >= 15 is 0 Å². The number of hydrogen-bond donors (Lipinski definition) is 1. The molecule has 0 bridgehead atoms. The van der Waals surface area contributed by atoms with Gasteiger partial charge < -0.3 is 5.11 Å². The number of fused-ring (bicyclic) bond motifs is 2. The topological polar surface area (TPSA) is 37.3 Å². The van der Waals surface area contributed by atoms with E-state index in [0.29, 0.717) is 18.3 Å². The molecule has 0 heterocycles. The summed E-state index contributed by atoms with van der Waals surface area (Å²) < 4.78 is 0. The number of ketones is 1. The van der Waals surface area contributed by atoms with Gasteiger partial charge >= 0.3 is 0 Å². The molecule has 21 heavy (non-hydrogen) atoms. The molecule has 4 atom stereocenters. The number of rotatable bonds is 2. The van der Waals surface area contributed by atoms with Crippen LogP contribution in [-0.4, -0.2) is 17.0 Å². The van der Waals surface area contributed by atoms with Crippen molar-refractivity contribution in [1.29, 1.82) is 0 Å². The van der Waals surface area contributed by atoms with Crippen LogP contribution in [0.1, 0.15) is 52.9 Å². The molecule has 114 valence electrons. The minimum Gasteiger partial charge on any atom is -0.393 e. The largest absolute Gasteiger partial charge is 0.393 e.